The van der Waals surface area contributed by atoms with E-state index in [1.54, 1.807) is 24.4 Å². The van der Waals surface area contributed by atoms with Gasteiger partial charge in [0.2, 0.25) is 6.41 Å². The standard InChI is InChI=1S/C23H30N6O2.CH3NO/c1-15-19(11-18(13-27-15)29-8-6-23(2,3)14-29)20(25)9-17(12-24)16-5-7-26-21(10-16)28-22(30)31-4;2-1-3/h5,7,9-13H,6,8,14,24-25H2,1-4H3,(H,26,28,30);1H,(H2,2,3)/b17-12+,20-9-;. The first-order chi connectivity index (χ1) is 16.1. The maximum absolute atomic E-state index is 11.5. The first-order valence-corrected chi connectivity index (χ1v) is 10.7. The average Bonchev–Trinajstić information content (AvgIpc) is 3.17. The third kappa shape index (κ3) is 6.96. The number of hydrogen-bond donors (Lipinski definition) is 4. The van der Waals surface area contributed by atoms with Crippen LogP contribution in [0.25, 0.3) is 11.3 Å². The van der Waals surface area contributed by atoms with Gasteiger partial charge in [0, 0.05) is 42.4 Å². The van der Waals surface area contributed by atoms with E-state index in [0.29, 0.717) is 22.5 Å². The van der Waals surface area contributed by atoms with Crippen molar-refractivity contribution in [1.29, 1.82) is 0 Å². The molecule has 1 fully saturated rings. The minimum absolute atomic E-state index is 0.250. The number of anilines is 2. The average molecular weight is 468 g/mol. The lowest BCUT2D eigenvalue weighted by Crippen LogP contribution is -2.23. The molecule has 3 rings (SSSR count). The number of carbonyl (C=O) groups is 2. The molecule has 1 aliphatic heterocycles. The highest BCUT2D eigenvalue weighted by atomic mass is 16.5. The minimum atomic E-state index is -0.596. The van der Waals surface area contributed by atoms with Crippen molar-refractivity contribution in [2.24, 2.45) is 22.6 Å². The number of rotatable bonds is 5. The van der Waals surface area contributed by atoms with Crippen molar-refractivity contribution in [3.05, 3.63) is 59.7 Å². The summed E-state index contributed by atoms with van der Waals surface area (Å²) in [5, 5.41) is 2.54. The number of hydrogen-bond acceptors (Lipinski definition) is 8. The highest BCUT2D eigenvalue weighted by Gasteiger charge is 2.29. The molecule has 1 saturated heterocycles. The highest BCUT2D eigenvalue weighted by molar-refractivity contribution is 5.87. The lowest BCUT2D eigenvalue weighted by atomic mass is 9.93. The molecule has 0 aliphatic carbocycles. The molecule has 7 N–H and O–H groups in total. The van der Waals surface area contributed by atoms with Crippen molar-refractivity contribution in [2.75, 3.05) is 30.4 Å². The smallest absolute Gasteiger partial charge is 0.412 e. The van der Waals surface area contributed by atoms with Crippen molar-refractivity contribution in [2.45, 2.75) is 27.2 Å². The van der Waals surface area contributed by atoms with E-state index in [2.05, 4.69) is 50.6 Å². The van der Waals surface area contributed by atoms with E-state index in [4.69, 9.17) is 16.3 Å². The number of nitrogens with zero attached hydrogens (tertiary/aromatic N) is 3. The summed E-state index contributed by atoms with van der Waals surface area (Å²) in [5.41, 5.74) is 21.6. The number of pyridine rings is 2. The number of carbonyl (C=O) groups excluding carboxylic acids is 2. The molecule has 1 aliphatic rings. The van der Waals surface area contributed by atoms with Gasteiger partial charge in [-0.25, -0.2) is 9.78 Å². The number of aromatic nitrogens is 2. The number of allylic oxidation sites excluding steroid dienone is 2. The van der Waals surface area contributed by atoms with Crippen molar-refractivity contribution in [3.8, 4) is 0 Å². The van der Waals surface area contributed by atoms with Crippen LogP contribution in [0.3, 0.4) is 0 Å². The lowest BCUT2D eigenvalue weighted by Gasteiger charge is -2.22. The molecule has 0 spiro atoms. The highest BCUT2D eigenvalue weighted by Crippen LogP contribution is 2.33. The van der Waals surface area contributed by atoms with E-state index in [1.165, 1.54) is 13.3 Å². The summed E-state index contributed by atoms with van der Waals surface area (Å²) in [6.45, 7) is 8.48. The first-order valence-electron chi connectivity index (χ1n) is 10.7. The topological polar surface area (TPSA) is 162 Å². The van der Waals surface area contributed by atoms with E-state index in [-0.39, 0.29) is 6.41 Å². The fourth-order valence-corrected chi connectivity index (χ4v) is 3.63. The zero-order valence-electron chi connectivity index (χ0n) is 20.0. The van der Waals surface area contributed by atoms with Gasteiger partial charge >= 0.3 is 6.09 Å². The van der Waals surface area contributed by atoms with Gasteiger partial charge in [-0.2, -0.15) is 0 Å². The van der Waals surface area contributed by atoms with Gasteiger partial charge in [0.05, 0.1) is 19.0 Å². The Labute approximate surface area is 199 Å². The Morgan fingerprint density at radius 1 is 1.26 bits per heavy atom. The number of ether oxygens (including phenoxy) is 1. The first kappa shape index (κ1) is 26.2. The van der Waals surface area contributed by atoms with E-state index in [9.17, 15) is 4.79 Å². The molecule has 2 aromatic heterocycles. The van der Waals surface area contributed by atoms with Crippen LogP contribution in [0, 0.1) is 12.3 Å². The molecule has 0 bridgehead atoms. The van der Waals surface area contributed by atoms with Gasteiger partial charge in [0.15, 0.2) is 0 Å². The summed E-state index contributed by atoms with van der Waals surface area (Å²) in [5.74, 6) is 0.354. The maximum Gasteiger partial charge on any atom is 0.412 e. The number of amides is 2. The summed E-state index contributed by atoms with van der Waals surface area (Å²) in [4.78, 5) is 31.1. The van der Waals surface area contributed by atoms with E-state index in [1.807, 2.05) is 13.1 Å². The van der Waals surface area contributed by atoms with Gasteiger partial charge in [-0.3, -0.25) is 15.1 Å². The Kier molecular flexibility index (Phi) is 9.00. The van der Waals surface area contributed by atoms with Crippen LogP contribution in [0.4, 0.5) is 16.3 Å². The van der Waals surface area contributed by atoms with E-state index < -0.39 is 6.09 Å². The van der Waals surface area contributed by atoms with Crippen molar-refractivity contribution >= 4 is 35.3 Å². The summed E-state index contributed by atoms with van der Waals surface area (Å²) < 4.78 is 4.61. The predicted octanol–water partition coefficient (Wildman–Crippen LogP) is 2.60. The molecule has 182 valence electrons. The largest absolute Gasteiger partial charge is 0.453 e. The van der Waals surface area contributed by atoms with Gasteiger partial charge in [0.1, 0.15) is 5.82 Å². The van der Waals surface area contributed by atoms with Gasteiger partial charge in [0.25, 0.3) is 0 Å². The number of methoxy groups -OCH3 is 1. The Bertz CT molecular complexity index is 1080. The summed E-state index contributed by atoms with van der Waals surface area (Å²) in [6, 6.07) is 5.58. The number of nitrogens with two attached hydrogens (primary N) is 3. The minimum Gasteiger partial charge on any atom is -0.453 e. The van der Waals surface area contributed by atoms with Gasteiger partial charge in [-0.05, 0) is 54.2 Å². The van der Waals surface area contributed by atoms with Crippen molar-refractivity contribution in [3.63, 3.8) is 0 Å². The summed E-state index contributed by atoms with van der Waals surface area (Å²) in [7, 11) is 1.29. The fourth-order valence-electron chi connectivity index (χ4n) is 3.63. The molecule has 10 nitrogen and oxygen atoms in total. The third-order valence-corrected chi connectivity index (χ3v) is 5.43. The molecule has 2 aromatic rings. The van der Waals surface area contributed by atoms with Crippen LogP contribution in [-0.4, -0.2) is 42.7 Å². The lowest BCUT2D eigenvalue weighted by molar-refractivity contribution is -0.106. The Hall–Kier alpha value is -4.08. The molecule has 3 heterocycles. The number of aryl methyl sites for hydroxylation is 1. The van der Waals surface area contributed by atoms with Gasteiger partial charge in [-0.15, -0.1) is 0 Å². The number of primary amides is 1. The van der Waals surface area contributed by atoms with Crippen LogP contribution < -0.4 is 27.4 Å². The van der Waals surface area contributed by atoms with Crippen molar-refractivity contribution < 1.29 is 14.3 Å². The molecule has 0 aromatic carbocycles. The van der Waals surface area contributed by atoms with E-state index in [0.717, 1.165) is 42.0 Å². The second-order valence-electron chi connectivity index (χ2n) is 8.57. The zero-order chi connectivity index (χ0) is 25.3. The van der Waals surface area contributed by atoms with Crippen LogP contribution in [0.1, 0.15) is 37.1 Å². The van der Waals surface area contributed by atoms with Gasteiger partial charge < -0.3 is 26.8 Å². The second kappa shape index (κ2) is 11.7. The number of nitrogens with one attached hydrogen (secondary N) is 1. The van der Waals surface area contributed by atoms with E-state index >= 15 is 0 Å². The third-order valence-electron chi connectivity index (χ3n) is 5.43. The quantitative estimate of drug-likeness (QED) is 0.385. The van der Waals surface area contributed by atoms with Crippen LogP contribution in [-0.2, 0) is 9.53 Å². The van der Waals surface area contributed by atoms with Crippen molar-refractivity contribution in [1.82, 2.24) is 9.97 Å². The fraction of sp³-hybridized carbons (Fsp3) is 0.333. The monoisotopic (exact) mass is 467 g/mol. The molecule has 0 saturated carbocycles. The Balaban J connectivity index is 0.00000129. The van der Waals surface area contributed by atoms with Crippen LogP contribution in [0.5, 0.6) is 0 Å². The molecule has 34 heavy (non-hydrogen) atoms. The SMILES string of the molecule is COC(=O)Nc1cc(C(/C=C(\N)c2cc(N3CCC(C)(C)C3)cnc2C)=C/N)ccn1.NC=O. The maximum atomic E-state index is 11.5. The van der Waals surface area contributed by atoms with Gasteiger partial charge in [-0.1, -0.05) is 13.8 Å². The predicted molar refractivity (Wildman–Crippen MR) is 134 cm³/mol. The zero-order valence-corrected chi connectivity index (χ0v) is 20.0. The molecular formula is C24H33N7O3. The molecule has 0 unspecified atom stereocenters. The second-order valence-corrected chi connectivity index (χ2v) is 8.57. The molecule has 0 radical (unpaired) electrons. The summed E-state index contributed by atoms with van der Waals surface area (Å²) in [6.07, 6.45) is 7.56. The molecular weight excluding hydrogens is 434 g/mol. The summed E-state index contributed by atoms with van der Waals surface area (Å²) >= 11 is 0. The molecule has 0 atom stereocenters. The Morgan fingerprint density at radius 3 is 2.56 bits per heavy atom. The molecule has 10 heteroatoms. The van der Waals surface area contributed by atoms with Crippen LogP contribution in [0.15, 0.2) is 42.9 Å². The normalized spacial score (nSPS) is 15.2. The Morgan fingerprint density at radius 2 is 1.97 bits per heavy atom. The van der Waals surface area contributed by atoms with Crippen LogP contribution in [0.2, 0.25) is 0 Å². The molecule has 2 amide bonds. The van der Waals surface area contributed by atoms with Crippen LogP contribution >= 0.6 is 0 Å².